The topological polar surface area (TPSA) is 77.0 Å². The molecule has 1 heterocycles. The third kappa shape index (κ3) is 2.41. The van der Waals surface area contributed by atoms with Crippen molar-refractivity contribution in [2.75, 3.05) is 5.75 Å². The molecule has 6 heteroatoms. The van der Waals surface area contributed by atoms with Crippen molar-refractivity contribution in [1.29, 1.82) is 0 Å². The van der Waals surface area contributed by atoms with E-state index in [0.29, 0.717) is 12.6 Å². The predicted molar refractivity (Wildman–Crippen MR) is 70.3 cm³/mol. The monoisotopic (exact) mass is 268 g/mol. The normalized spacial score (nSPS) is 22.6. The maximum atomic E-state index is 10.4. The summed E-state index contributed by atoms with van der Waals surface area (Å²) in [5, 5.41) is 19.7. The maximum absolute atomic E-state index is 10.4. The summed E-state index contributed by atoms with van der Waals surface area (Å²) in [5.41, 5.74) is 5.20. The first-order valence-electron chi connectivity index (χ1n) is 6.71. The zero-order valence-electron chi connectivity index (χ0n) is 10.5. The number of thioether (sulfide) groups is 1. The zero-order valence-corrected chi connectivity index (χ0v) is 11.3. The van der Waals surface area contributed by atoms with Crippen LogP contribution in [0.25, 0.3) is 0 Å². The lowest BCUT2D eigenvalue weighted by Crippen LogP contribution is -2.27. The molecule has 0 amide bonds. The van der Waals surface area contributed by atoms with Crippen molar-refractivity contribution in [1.82, 2.24) is 14.8 Å². The molecule has 100 valence electrons. The van der Waals surface area contributed by atoms with Gasteiger partial charge in [-0.1, -0.05) is 24.6 Å². The van der Waals surface area contributed by atoms with Crippen molar-refractivity contribution in [3.8, 4) is 0 Å². The highest BCUT2D eigenvalue weighted by Crippen LogP contribution is 2.40. The highest BCUT2D eigenvalue weighted by atomic mass is 32.2. The number of nitrogens with two attached hydrogens (primary N) is 1. The Labute approximate surface area is 111 Å². The second-order valence-electron chi connectivity index (χ2n) is 5.42. The molecule has 2 aliphatic rings. The Morgan fingerprint density at radius 2 is 2.06 bits per heavy atom. The average Bonchev–Trinajstić information content (AvgIpc) is 2.98. The van der Waals surface area contributed by atoms with E-state index in [1.165, 1.54) is 12.8 Å². The highest BCUT2D eigenvalue weighted by molar-refractivity contribution is 7.99. The number of hydrogen-bond acceptors (Lipinski definition) is 5. The van der Waals surface area contributed by atoms with Crippen molar-refractivity contribution >= 4 is 11.8 Å². The van der Waals surface area contributed by atoms with E-state index in [4.69, 9.17) is 5.73 Å². The smallest absolute Gasteiger partial charge is 0.191 e. The molecule has 1 aromatic rings. The van der Waals surface area contributed by atoms with Gasteiger partial charge in [-0.15, -0.1) is 10.2 Å². The molecule has 18 heavy (non-hydrogen) atoms. The van der Waals surface area contributed by atoms with Crippen LogP contribution in [0.2, 0.25) is 0 Å². The molecule has 0 spiro atoms. The fourth-order valence-electron chi connectivity index (χ4n) is 2.62. The number of hydrogen-bond donors (Lipinski definition) is 2. The molecule has 0 saturated heterocycles. The van der Waals surface area contributed by atoms with E-state index in [1.54, 1.807) is 11.8 Å². The molecule has 3 rings (SSSR count). The lowest BCUT2D eigenvalue weighted by atomic mass is 10.1. The summed E-state index contributed by atoms with van der Waals surface area (Å²) < 4.78 is 2.17. The largest absolute Gasteiger partial charge is 0.389 e. The number of aromatic nitrogens is 3. The fraction of sp³-hybridized carbons (Fsp3) is 0.833. The van der Waals surface area contributed by atoms with E-state index in [1.807, 2.05) is 0 Å². The molecule has 0 atom stereocenters. The van der Waals surface area contributed by atoms with Crippen LogP contribution < -0.4 is 5.73 Å². The van der Waals surface area contributed by atoms with Crippen LogP contribution in [-0.2, 0) is 6.54 Å². The Bertz CT molecular complexity index is 424. The van der Waals surface area contributed by atoms with Gasteiger partial charge in [0.2, 0.25) is 0 Å². The summed E-state index contributed by atoms with van der Waals surface area (Å²) in [4.78, 5) is 0. The minimum absolute atomic E-state index is 0.439. The summed E-state index contributed by atoms with van der Waals surface area (Å²) in [6.07, 6.45) is 6.51. The average molecular weight is 268 g/mol. The standard InChI is InChI=1S/C12H20N4OS/c13-7-10-14-15-11(16(10)9-3-4-9)18-8-12(17)5-1-2-6-12/h9,17H,1-8,13H2. The van der Waals surface area contributed by atoms with Crippen molar-refractivity contribution in [2.45, 2.75) is 61.9 Å². The van der Waals surface area contributed by atoms with Gasteiger partial charge in [-0.25, -0.2) is 0 Å². The van der Waals surface area contributed by atoms with Crippen LogP contribution in [0.15, 0.2) is 5.16 Å². The van der Waals surface area contributed by atoms with Crippen LogP contribution in [0.3, 0.4) is 0 Å². The Hall–Kier alpha value is -0.590. The second-order valence-corrected chi connectivity index (χ2v) is 6.37. The van der Waals surface area contributed by atoms with Crippen molar-refractivity contribution in [2.24, 2.45) is 5.73 Å². The van der Waals surface area contributed by atoms with Crippen molar-refractivity contribution in [3.63, 3.8) is 0 Å². The van der Waals surface area contributed by atoms with E-state index in [2.05, 4.69) is 14.8 Å². The van der Waals surface area contributed by atoms with Gasteiger partial charge in [0.05, 0.1) is 12.1 Å². The number of nitrogens with zero attached hydrogens (tertiary/aromatic N) is 3. The molecule has 1 aromatic heterocycles. The molecule has 0 bridgehead atoms. The van der Waals surface area contributed by atoms with Gasteiger partial charge in [0, 0.05) is 11.8 Å². The van der Waals surface area contributed by atoms with Crippen molar-refractivity contribution < 1.29 is 5.11 Å². The molecule has 0 aromatic carbocycles. The van der Waals surface area contributed by atoms with Crippen LogP contribution >= 0.6 is 11.8 Å². The summed E-state index contributed by atoms with van der Waals surface area (Å²) in [6.45, 7) is 0.439. The molecule has 0 unspecified atom stereocenters. The van der Waals surface area contributed by atoms with Gasteiger partial charge in [0.25, 0.3) is 0 Å². The number of aliphatic hydroxyl groups is 1. The highest BCUT2D eigenvalue weighted by Gasteiger charge is 2.33. The maximum Gasteiger partial charge on any atom is 0.191 e. The molecule has 0 radical (unpaired) electrons. The van der Waals surface area contributed by atoms with Gasteiger partial charge in [0.1, 0.15) is 5.82 Å². The Balaban J connectivity index is 1.70. The number of rotatable bonds is 5. The van der Waals surface area contributed by atoms with Gasteiger partial charge in [-0.2, -0.15) is 0 Å². The van der Waals surface area contributed by atoms with Crippen LogP contribution in [-0.4, -0.2) is 31.2 Å². The molecular formula is C12H20N4OS. The van der Waals surface area contributed by atoms with Gasteiger partial charge < -0.3 is 15.4 Å². The molecule has 3 N–H and O–H groups in total. The Kier molecular flexibility index (Phi) is 3.34. The first kappa shape index (κ1) is 12.4. The summed E-state index contributed by atoms with van der Waals surface area (Å²) in [6, 6.07) is 0.541. The molecule has 0 aliphatic heterocycles. The van der Waals surface area contributed by atoms with Gasteiger partial charge in [-0.05, 0) is 25.7 Å². The quantitative estimate of drug-likeness (QED) is 0.791. The van der Waals surface area contributed by atoms with E-state index < -0.39 is 5.60 Å². The van der Waals surface area contributed by atoms with E-state index in [9.17, 15) is 5.11 Å². The van der Waals surface area contributed by atoms with Crippen LogP contribution in [0.1, 0.15) is 50.4 Å². The third-order valence-corrected chi connectivity index (χ3v) is 5.05. The van der Waals surface area contributed by atoms with Gasteiger partial charge in [-0.3, -0.25) is 0 Å². The third-order valence-electron chi connectivity index (χ3n) is 3.83. The van der Waals surface area contributed by atoms with Crippen LogP contribution in [0.5, 0.6) is 0 Å². The second kappa shape index (κ2) is 4.83. The SMILES string of the molecule is NCc1nnc(SCC2(O)CCCC2)n1C1CC1. The van der Waals surface area contributed by atoms with Gasteiger partial charge >= 0.3 is 0 Å². The summed E-state index contributed by atoms with van der Waals surface area (Å²) >= 11 is 1.63. The van der Waals surface area contributed by atoms with Gasteiger partial charge in [0.15, 0.2) is 5.16 Å². The lowest BCUT2D eigenvalue weighted by Gasteiger charge is -2.21. The zero-order chi connectivity index (χ0) is 12.6. The van der Waals surface area contributed by atoms with Crippen LogP contribution in [0.4, 0.5) is 0 Å². The lowest BCUT2D eigenvalue weighted by molar-refractivity contribution is 0.0732. The van der Waals surface area contributed by atoms with E-state index >= 15 is 0 Å². The Morgan fingerprint density at radius 1 is 1.33 bits per heavy atom. The Morgan fingerprint density at radius 3 is 2.67 bits per heavy atom. The molecular weight excluding hydrogens is 248 g/mol. The predicted octanol–water partition coefficient (Wildman–Crippen LogP) is 1.47. The van der Waals surface area contributed by atoms with E-state index in [0.717, 1.165) is 42.4 Å². The fourth-order valence-corrected chi connectivity index (χ4v) is 3.80. The first-order valence-corrected chi connectivity index (χ1v) is 7.69. The molecule has 2 saturated carbocycles. The first-order chi connectivity index (χ1) is 8.72. The molecule has 2 aliphatic carbocycles. The minimum Gasteiger partial charge on any atom is -0.389 e. The van der Waals surface area contributed by atoms with E-state index in [-0.39, 0.29) is 0 Å². The van der Waals surface area contributed by atoms with Crippen LogP contribution in [0, 0.1) is 0 Å². The van der Waals surface area contributed by atoms with Crippen molar-refractivity contribution in [3.05, 3.63) is 5.82 Å². The minimum atomic E-state index is -0.492. The molecule has 5 nitrogen and oxygen atoms in total. The molecule has 2 fully saturated rings. The summed E-state index contributed by atoms with van der Waals surface area (Å²) in [7, 11) is 0. The summed E-state index contributed by atoms with van der Waals surface area (Å²) in [5.74, 6) is 1.60.